The zero-order chi connectivity index (χ0) is 21.8. The van der Waals surface area contributed by atoms with E-state index < -0.39 is 0 Å². The van der Waals surface area contributed by atoms with Crippen LogP contribution in [-0.2, 0) is 0 Å². The van der Waals surface area contributed by atoms with Gasteiger partial charge in [-0.25, -0.2) is 4.99 Å². The van der Waals surface area contributed by atoms with Crippen LogP contribution >= 0.6 is 23.1 Å². The molecule has 5 nitrogen and oxygen atoms in total. The lowest BCUT2D eigenvalue weighted by Gasteiger charge is -2.17. The van der Waals surface area contributed by atoms with Crippen LogP contribution in [0.25, 0.3) is 0 Å². The SMILES string of the molecule is Cc1cc(Oc2nc(C(C)c3ccc(Cl)cc3)ns2)c(C)cc1N=CN(C)C(C)C. The number of hydrogen-bond donors (Lipinski definition) is 0. The molecule has 7 heteroatoms. The second-order valence-corrected chi connectivity index (χ2v) is 8.85. The maximum absolute atomic E-state index is 6.06. The summed E-state index contributed by atoms with van der Waals surface area (Å²) >= 11 is 7.25. The third-order valence-corrected chi connectivity index (χ3v) is 5.93. The fraction of sp³-hybridized carbons (Fsp3) is 0.348. The molecule has 0 spiro atoms. The summed E-state index contributed by atoms with van der Waals surface area (Å²) in [7, 11) is 2.02. The molecule has 1 atom stereocenters. The van der Waals surface area contributed by atoms with Crippen LogP contribution in [0, 0.1) is 13.8 Å². The largest absolute Gasteiger partial charge is 0.430 e. The van der Waals surface area contributed by atoms with Crippen molar-refractivity contribution < 1.29 is 4.74 Å². The molecule has 3 rings (SSSR count). The van der Waals surface area contributed by atoms with Gasteiger partial charge in [-0.1, -0.05) is 30.7 Å². The zero-order valence-electron chi connectivity index (χ0n) is 18.2. The van der Waals surface area contributed by atoms with Crippen LogP contribution in [0.15, 0.2) is 41.4 Å². The van der Waals surface area contributed by atoms with Gasteiger partial charge >= 0.3 is 0 Å². The van der Waals surface area contributed by atoms with Crippen molar-refractivity contribution in [2.75, 3.05) is 7.05 Å². The highest BCUT2D eigenvalue weighted by molar-refractivity contribution is 7.07. The molecule has 158 valence electrons. The summed E-state index contributed by atoms with van der Waals surface area (Å²) in [5.74, 6) is 1.57. The molecule has 0 aliphatic heterocycles. The number of rotatable bonds is 7. The Morgan fingerprint density at radius 2 is 1.80 bits per heavy atom. The van der Waals surface area contributed by atoms with E-state index in [1.807, 2.05) is 63.6 Å². The molecule has 0 aliphatic carbocycles. The summed E-state index contributed by atoms with van der Waals surface area (Å²) in [4.78, 5) is 11.3. The quantitative estimate of drug-likeness (QED) is 0.300. The number of aliphatic imine (C=N–C) groups is 1. The van der Waals surface area contributed by atoms with Gasteiger partial charge in [0.2, 0.25) is 0 Å². The summed E-state index contributed by atoms with van der Waals surface area (Å²) in [6.45, 7) is 10.4. The van der Waals surface area contributed by atoms with Crippen molar-refractivity contribution in [3.63, 3.8) is 0 Å². The van der Waals surface area contributed by atoms with Crippen molar-refractivity contribution >= 4 is 35.2 Å². The molecule has 0 radical (unpaired) electrons. The van der Waals surface area contributed by atoms with Gasteiger partial charge in [0.25, 0.3) is 5.19 Å². The molecule has 2 aromatic carbocycles. The second-order valence-electron chi connectivity index (χ2n) is 7.70. The fourth-order valence-corrected chi connectivity index (χ4v) is 3.50. The summed E-state index contributed by atoms with van der Waals surface area (Å²) < 4.78 is 10.5. The smallest absolute Gasteiger partial charge is 0.298 e. The molecular formula is C23H27ClN4OS. The molecule has 1 heterocycles. The molecule has 0 aliphatic rings. The summed E-state index contributed by atoms with van der Waals surface area (Å²) in [5, 5.41) is 1.25. The Morgan fingerprint density at radius 1 is 1.10 bits per heavy atom. The van der Waals surface area contributed by atoms with Gasteiger partial charge in [-0.2, -0.15) is 9.36 Å². The van der Waals surface area contributed by atoms with E-state index in [1.165, 1.54) is 11.5 Å². The first-order valence-electron chi connectivity index (χ1n) is 9.89. The number of nitrogens with zero attached hydrogens (tertiary/aromatic N) is 4. The van der Waals surface area contributed by atoms with Gasteiger partial charge in [-0.3, -0.25) is 0 Å². The lowest BCUT2D eigenvalue weighted by atomic mass is 10.0. The van der Waals surface area contributed by atoms with Crippen molar-refractivity contribution in [3.05, 3.63) is 63.9 Å². The Hall–Kier alpha value is -2.44. The molecule has 0 fully saturated rings. The minimum absolute atomic E-state index is 0.0633. The van der Waals surface area contributed by atoms with Crippen molar-refractivity contribution in [1.82, 2.24) is 14.3 Å². The fourth-order valence-electron chi connectivity index (χ4n) is 2.74. The van der Waals surface area contributed by atoms with E-state index in [1.54, 1.807) is 0 Å². The minimum Gasteiger partial charge on any atom is -0.430 e. The van der Waals surface area contributed by atoms with Crippen molar-refractivity contribution in [2.24, 2.45) is 4.99 Å². The van der Waals surface area contributed by atoms with Crippen LogP contribution in [0.2, 0.25) is 5.02 Å². The number of aryl methyl sites for hydroxylation is 2. The Kier molecular flexibility index (Phi) is 7.10. The summed E-state index contributed by atoms with van der Waals surface area (Å²) in [6, 6.07) is 12.2. The van der Waals surface area contributed by atoms with E-state index in [2.05, 4.69) is 40.0 Å². The molecule has 0 saturated carbocycles. The molecule has 0 bridgehead atoms. The lowest BCUT2D eigenvalue weighted by molar-refractivity contribution is 0.429. The Morgan fingerprint density at radius 3 is 2.47 bits per heavy atom. The van der Waals surface area contributed by atoms with Crippen molar-refractivity contribution in [2.45, 2.75) is 46.6 Å². The van der Waals surface area contributed by atoms with E-state index in [0.717, 1.165) is 39.0 Å². The first-order chi connectivity index (χ1) is 14.2. The maximum atomic E-state index is 6.06. The van der Waals surface area contributed by atoms with Crippen LogP contribution in [-0.4, -0.2) is 33.7 Å². The van der Waals surface area contributed by atoms with Gasteiger partial charge in [0.1, 0.15) is 5.75 Å². The molecule has 1 unspecified atom stereocenters. The van der Waals surface area contributed by atoms with Gasteiger partial charge in [0.15, 0.2) is 5.82 Å². The molecular weight excluding hydrogens is 416 g/mol. The Labute approximate surface area is 187 Å². The predicted molar refractivity (Wildman–Crippen MR) is 126 cm³/mol. The average molecular weight is 443 g/mol. The first-order valence-corrected chi connectivity index (χ1v) is 11.0. The Bertz CT molecular complexity index is 1030. The zero-order valence-corrected chi connectivity index (χ0v) is 19.8. The monoisotopic (exact) mass is 442 g/mol. The third-order valence-electron chi connectivity index (χ3n) is 5.06. The molecule has 0 amide bonds. The predicted octanol–water partition coefficient (Wildman–Crippen LogP) is 6.75. The number of aromatic nitrogens is 2. The highest BCUT2D eigenvalue weighted by Crippen LogP contribution is 2.33. The summed E-state index contributed by atoms with van der Waals surface area (Å²) in [5.41, 5.74) is 4.09. The van der Waals surface area contributed by atoms with E-state index in [4.69, 9.17) is 16.3 Å². The minimum atomic E-state index is 0.0633. The Balaban J connectivity index is 1.75. The molecule has 30 heavy (non-hydrogen) atoms. The summed E-state index contributed by atoms with van der Waals surface area (Å²) in [6.07, 6.45) is 1.86. The molecule has 0 saturated heterocycles. The standard InChI is InChI=1S/C23H27ClN4OS/c1-14(2)28(6)13-25-20-11-16(4)21(12-15(20)3)29-23-26-22(27-30-23)17(5)18-7-9-19(24)10-8-18/h7-14,17H,1-6H3. The van der Waals surface area contributed by atoms with Gasteiger partial charge in [0.05, 0.1) is 12.0 Å². The van der Waals surface area contributed by atoms with Gasteiger partial charge < -0.3 is 9.64 Å². The molecule has 3 aromatic rings. The highest BCUT2D eigenvalue weighted by atomic mass is 35.5. The van der Waals surface area contributed by atoms with Crippen LogP contribution in [0.5, 0.6) is 10.9 Å². The van der Waals surface area contributed by atoms with Gasteiger partial charge in [-0.15, -0.1) is 0 Å². The number of halogens is 1. The van der Waals surface area contributed by atoms with Crippen LogP contribution in [0.4, 0.5) is 5.69 Å². The van der Waals surface area contributed by atoms with Crippen LogP contribution in [0.1, 0.15) is 49.2 Å². The van der Waals surface area contributed by atoms with Crippen molar-refractivity contribution in [3.8, 4) is 10.9 Å². The van der Waals surface area contributed by atoms with Gasteiger partial charge in [0, 0.05) is 35.6 Å². The normalized spacial score (nSPS) is 12.5. The number of benzene rings is 2. The molecule has 0 N–H and O–H groups in total. The van der Waals surface area contributed by atoms with E-state index in [0.29, 0.717) is 11.2 Å². The van der Waals surface area contributed by atoms with E-state index in [-0.39, 0.29) is 5.92 Å². The second kappa shape index (κ2) is 9.58. The van der Waals surface area contributed by atoms with Gasteiger partial charge in [-0.05, 0) is 68.7 Å². The number of ether oxygens (including phenoxy) is 1. The third kappa shape index (κ3) is 5.37. The van der Waals surface area contributed by atoms with Crippen molar-refractivity contribution in [1.29, 1.82) is 0 Å². The highest BCUT2D eigenvalue weighted by Gasteiger charge is 2.16. The topological polar surface area (TPSA) is 50.6 Å². The van der Waals surface area contributed by atoms with E-state index in [9.17, 15) is 0 Å². The average Bonchev–Trinajstić information content (AvgIpc) is 3.17. The first kappa shape index (κ1) is 22.2. The number of hydrogen-bond acceptors (Lipinski definition) is 5. The lowest BCUT2D eigenvalue weighted by Crippen LogP contribution is -2.24. The van der Waals surface area contributed by atoms with Crippen LogP contribution < -0.4 is 4.74 Å². The van der Waals surface area contributed by atoms with E-state index >= 15 is 0 Å². The molecule has 1 aromatic heterocycles. The maximum Gasteiger partial charge on any atom is 0.298 e. The van der Waals surface area contributed by atoms with Crippen LogP contribution in [0.3, 0.4) is 0 Å².